The largest absolute Gasteiger partial charge is 0.497 e. The Kier molecular flexibility index (Phi) is 13.1. The van der Waals surface area contributed by atoms with Crippen molar-refractivity contribution >= 4 is 12.0 Å². The lowest BCUT2D eigenvalue weighted by atomic mass is 10.2. The van der Waals surface area contributed by atoms with Gasteiger partial charge < -0.3 is 26.4 Å². The van der Waals surface area contributed by atoms with Gasteiger partial charge in [0.2, 0.25) is 5.91 Å². The molecule has 5 N–H and O–H groups in total. The lowest BCUT2D eigenvalue weighted by molar-refractivity contribution is -0.116. The molecule has 6 nitrogen and oxygen atoms in total. The van der Waals surface area contributed by atoms with E-state index in [1.54, 1.807) is 19.3 Å². The molecule has 0 heterocycles. The third-order valence-corrected chi connectivity index (χ3v) is 3.89. The van der Waals surface area contributed by atoms with Gasteiger partial charge in [0.05, 0.1) is 7.11 Å². The van der Waals surface area contributed by atoms with Crippen molar-refractivity contribution in [2.75, 3.05) is 46.4 Å². The summed E-state index contributed by atoms with van der Waals surface area (Å²) in [6, 6.07) is 7.58. The smallest absolute Gasteiger partial charge is 0.243 e. The van der Waals surface area contributed by atoms with Crippen LogP contribution in [0.2, 0.25) is 0 Å². The molecule has 0 saturated carbocycles. The van der Waals surface area contributed by atoms with E-state index in [1.807, 2.05) is 24.3 Å². The van der Waals surface area contributed by atoms with Gasteiger partial charge in [-0.15, -0.1) is 0 Å². The number of nitrogens with two attached hydrogens (primary N) is 1. The topological polar surface area (TPSA) is 88.4 Å². The van der Waals surface area contributed by atoms with Crippen molar-refractivity contribution < 1.29 is 9.53 Å². The van der Waals surface area contributed by atoms with Gasteiger partial charge in [0.15, 0.2) is 0 Å². The zero-order valence-corrected chi connectivity index (χ0v) is 15.9. The van der Waals surface area contributed by atoms with Crippen LogP contribution in [0.5, 0.6) is 5.75 Å². The third kappa shape index (κ3) is 11.6. The molecule has 0 radical (unpaired) electrons. The molecule has 6 heteroatoms. The van der Waals surface area contributed by atoms with Gasteiger partial charge >= 0.3 is 0 Å². The molecule has 0 saturated heterocycles. The molecular weight excluding hydrogens is 328 g/mol. The van der Waals surface area contributed by atoms with Gasteiger partial charge in [-0.25, -0.2) is 0 Å². The standard InChI is InChI=1S/C20H34N4O2/c1-26-19-9-6-18(7-10-19)8-11-20(25)24-17-5-16-23-14-3-2-13-22-15-4-12-21/h6-11,22-23H,2-5,12-17,21H2,1H3,(H,24,25)/b11-8+. The van der Waals surface area contributed by atoms with Crippen molar-refractivity contribution in [2.45, 2.75) is 25.7 Å². The van der Waals surface area contributed by atoms with Crippen molar-refractivity contribution in [1.82, 2.24) is 16.0 Å². The van der Waals surface area contributed by atoms with Crippen LogP contribution in [-0.2, 0) is 4.79 Å². The van der Waals surface area contributed by atoms with Crippen LogP contribution in [0, 0.1) is 0 Å². The average Bonchev–Trinajstić information content (AvgIpc) is 2.67. The molecule has 1 aromatic carbocycles. The van der Waals surface area contributed by atoms with E-state index >= 15 is 0 Å². The minimum Gasteiger partial charge on any atom is -0.497 e. The predicted octanol–water partition coefficient (Wildman–Crippen LogP) is 1.52. The molecule has 0 spiro atoms. The number of hydrogen-bond donors (Lipinski definition) is 4. The van der Waals surface area contributed by atoms with E-state index in [1.165, 1.54) is 6.42 Å². The Labute approximate surface area is 157 Å². The van der Waals surface area contributed by atoms with E-state index < -0.39 is 0 Å². The second-order valence-electron chi connectivity index (χ2n) is 6.10. The Balaban J connectivity index is 1.95. The van der Waals surface area contributed by atoms with Gasteiger partial charge in [-0.3, -0.25) is 4.79 Å². The van der Waals surface area contributed by atoms with E-state index in [4.69, 9.17) is 10.5 Å². The molecule has 0 aliphatic heterocycles. The number of benzene rings is 1. The van der Waals surface area contributed by atoms with Gasteiger partial charge in [0.25, 0.3) is 0 Å². The number of unbranched alkanes of at least 4 members (excludes halogenated alkanes) is 1. The van der Waals surface area contributed by atoms with Gasteiger partial charge in [-0.1, -0.05) is 12.1 Å². The molecule has 1 amide bonds. The molecule has 0 aliphatic carbocycles. The highest BCUT2D eigenvalue weighted by Gasteiger charge is 1.96. The van der Waals surface area contributed by atoms with Crippen molar-refractivity contribution in [3.63, 3.8) is 0 Å². The predicted molar refractivity (Wildman–Crippen MR) is 108 cm³/mol. The number of methoxy groups -OCH3 is 1. The van der Waals surface area contributed by atoms with E-state index in [2.05, 4.69) is 16.0 Å². The fourth-order valence-electron chi connectivity index (χ4n) is 2.35. The lowest BCUT2D eigenvalue weighted by Gasteiger charge is -2.06. The van der Waals surface area contributed by atoms with E-state index in [-0.39, 0.29) is 5.91 Å². The van der Waals surface area contributed by atoms with Crippen molar-refractivity contribution in [1.29, 1.82) is 0 Å². The van der Waals surface area contributed by atoms with Gasteiger partial charge in [-0.2, -0.15) is 0 Å². The third-order valence-electron chi connectivity index (χ3n) is 3.89. The van der Waals surface area contributed by atoms with Gasteiger partial charge in [0, 0.05) is 12.6 Å². The van der Waals surface area contributed by atoms with Gasteiger partial charge in [-0.05, 0) is 82.2 Å². The number of rotatable bonds is 15. The first-order valence-electron chi connectivity index (χ1n) is 9.47. The van der Waals surface area contributed by atoms with Crippen LogP contribution in [-0.4, -0.2) is 52.3 Å². The molecule has 0 unspecified atom stereocenters. The second kappa shape index (κ2) is 15.4. The molecule has 0 fully saturated rings. The van der Waals surface area contributed by atoms with Crippen LogP contribution in [0.25, 0.3) is 6.08 Å². The summed E-state index contributed by atoms with van der Waals surface area (Å²) in [5, 5.41) is 9.67. The number of ether oxygens (including phenoxy) is 1. The Bertz CT molecular complexity index is 503. The molecule has 0 atom stereocenters. The van der Waals surface area contributed by atoms with Crippen LogP contribution in [0.15, 0.2) is 30.3 Å². The number of amides is 1. The number of carbonyl (C=O) groups is 1. The minimum atomic E-state index is -0.0654. The Morgan fingerprint density at radius 3 is 2.19 bits per heavy atom. The van der Waals surface area contributed by atoms with E-state index in [0.717, 1.165) is 63.3 Å². The van der Waals surface area contributed by atoms with Crippen molar-refractivity contribution in [2.24, 2.45) is 5.73 Å². The van der Waals surface area contributed by atoms with Crippen LogP contribution < -0.4 is 26.4 Å². The number of nitrogens with one attached hydrogen (secondary N) is 3. The highest BCUT2D eigenvalue weighted by atomic mass is 16.5. The second-order valence-corrected chi connectivity index (χ2v) is 6.10. The fraction of sp³-hybridized carbons (Fsp3) is 0.550. The Morgan fingerprint density at radius 1 is 0.962 bits per heavy atom. The normalized spacial score (nSPS) is 11.0. The summed E-state index contributed by atoms with van der Waals surface area (Å²) >= 11 is 0. The molecule has 0 aliphatic rings. The molecular formula is C20H34N4O2. The van der Waals surface area contributed by atoms with Gasteiger partial charge in [0.1, 0.15) is 5.75 Å². The maximum atomic E-state index is 11.8. The Morgan fingerprint density at radius 2 is 1.58 bits per heavy atom. The monoisotopic (exact) mass is 362 g/mol. The van der Waals surface area contributed by atoms with Crippen LogP contribution >= 0.6 is 0 Å². The number of hydrogen-bond acceptors (Lipinski definition) is 5. The van der Waals surface area contributed by atoms with Crippen molar-refractivity contribution in [3.8, 4) is 5.75 Å². The molecule has 0 bridgehead atoms. The summed E-state index contributed by atoms with van der Waals surface area (Å²) in [6.45, 7) is 5.43. The maximum absolute atomic E-state index is 11.8. The van der Waals surface area contributed by atoms with E-state index in [0.29, 0.717) is 6.54 Å². The highest BCUT2D eigenvalue weighted by molar-refractivity contribution is 5.91. The lowest BCUT2D eigenvalue weighted by Crippen LogP contribution is -2.26. The summed E-state index contributed by atoms with van der Waals surface area (Å²) < 4.78 is 5.10. The first-order valence-corrected chi connectivity index (χ1v) is 9.47. The zero-order chi connectivity index (χ0) is 18.9. The molecule has 1 aromatic rings. The summed E-state index contributed by atoms with van der Waals surface area (Å²) in [4.78, 5) is 11.8. The SMILES string of the molecule is COc1ccc(/C=C/C(=O)NCCCNCCCCNCCCN)cc1. The summed E-state index contributed by atoms with van der Waals surface area (Å²) in [6.07, 6.45) is 7.66. The summed E-state index contributed by atoms with van der Waals surface area (Å²) in [5.41, 5.74) is 6.41. The van der Waals surface area contributed by atoms with E-state index in [9.17, 15) is 4.79 Å². The van der Waals surface area contributed by atoms with Crippen molar-refractivity contribution in [3.05, 3.63) is 35.9 Å². The summed E-state index contributed by atoms with van der Waals surface area (Å²) in [5.74, 6) is 0.742. The fourth-order valence-corrected chi connectivity index (χ4v) is 2.35. The molecule has 146 valence electrons. The maximum Gasteiger partial charge on any atom is 0.243 e. The molecule has 0 aromatic heterocycles. The van der Waals surface area contributed by atoms with Crippen LogP contribution in [0.3, 0.4) is 0 Å². The average molecular weight is 363 g/mol. The summed E-state index contributed by atoms with van der Waals surface area (Å²) in [7, 11) is 1.63. The zero-order valence-electron chi connectivity index (χ0n) is 15.9. The quantitative estimate of drug-likeness (QED) is 0.281. The first-order chi connectivity index (χ1) is 12.8. The Hall–Kier alpha value is -1.89. The van der Waals surface area contributed by atoms with Crippen LogP contribution in [0.4, 0.5) is 0 Å². The highest BCUT2D eigenvalue weighted by Crippen LogP contribution is 2.12. The number of carbonyl (C=O) groups excluding carboxylic acids is 1. The van der Waals surface area contributed by atoms with Crippen LogP contribution in [0.1, 0.15) is 31.2 Å². The molecule has 26 heavy (non-hydrogen) atoms. The first kappa shape index (κ1) is 22.2. The minimum absolute atomic E-state index is 0.0654. The molecule has 1 rings (SSSR count).